The molecule has 0 aliphatic heterocycles. The van der Waals surface area contributed by atoms with Crippen LogP contribution in [-0.2, 0) is 0 Å². The van der Waals surface area contributed by atoms with E-state index in [1.807, 2.05) is 30.5 Å². The molecular formula is C15H16Cl2N2O. The molecule has 0 amide bonds. The van der Waals surface area contributed by atoms with Crippen molar-refractivity contribution in [2.75, 3.05) is 7.11 Å². The molecule has 0 bridgehead atoms. The van der Waals surface area contributed by atoms with Gasteiger partial charge < -0.3 is 10.5 Å². The van der Waals surface area contributed by atoms with Crippen molar-refractivity contribution in [3.63, 3.8) is 0 Å². The van der Waals surface area contributed by atoms with E-state index in [1.54, 1.807) is 7.11 Å². The summed E-state index contributed by atoms with van der Waals surface area (Å²) < 4.78 is 5.21. The number of benzene rings is 1. The molecule has 3 nitrogen and oxygen atoms in total. The average Bonchev–Trinajstić information content (AvgIpc) is 3.17. The third-order valence-corrected chi connectivity index (χ3v) is 3.83. The monoisotopic (exact) mass is 310 g/mol. The Morgan fingerprint density at radius 3 is 2.60 bits per heavy atom. The van der Waals surface area contributed by atoms with Crippen LogP contribution in [0.15, 0.2) is 36.5 Å². The Bertz CT molecular complexity index is 601. The highest BCUT2D eigenvalue weighted by Crippen LogP contribution is 2.39. The first-order valence-corrected chi connectivity index (χ1v) is 6.62. The molecule has 1 aliphatic rings. The zero-order valence-corrected chi connectivity index (χ0v) is 12.6. The van der Waals surface area contributed by atoms with Crippen molar-refractivity contribution in [3.8, 4) is 17.0 Å². The fourth-order valence-corrected chi connectivity index (χ4v) is 2.42. The Morgan fingerprint density at radius 1 is 1.30 bits per heavy atom. The second-order valence-corrected chi connectivity index (χ2v) is 5.24. The van der Waals surface area contributed by atoms with Crippen molar-refractivity contribution >= 4 is 24.0 Å². The smallest absolute Gasteiger partial charge is 0.119 e. The van der Waals surface area contributed by atoms with Gasteiger partial charge in [-0.25, -0.2) is 0 Å². The minimum atomic E-state index is 0. The van der Waals surface area contributed by atoms with Crippen LogP contribution in [0.2, 0.25) is 5.02 Å². The quantitative estimate of drug-likeness (QED) is 0.941. The number of ether oxygens (including phenoxy) is 1. The maximum absolute atomic E-state index is 6.21. The second-order valence-electron chi connectivity index (χ2n) is 4.83. The van der Waals surface area contributed by atoms with Crippen LogP contribution in [0.25, 0.3) is 11.3 Å². The summed E-state index contributed by atoms with van der Waals surface area (Å²) in [7, 11) is 1.64. The van der Waals surface area contributed by atoms with Gasteiger partial charge in [-0.15, -0.1) is 12.4 Å². The van der Waals surface area contributed by atoms with E-state index in [9.17, 15) is 0 Å². The first kappa shape index (κ1) is 15.1. The van der Waals surface area contributed by atoms with Crippen LogP contribution in [0.3, 0.4) is 0 Å². The molecule has 0 spiro atoms. The van der Waals surface area contributed by atoms with Crippen molar-refractivity contribution in [1.29, 1.82) is 0 Å². The summed E-state index contributed by atoms with van der Waals surface area (Å²) in [6.45, 7) is 0. The van der Waals surface area contributed by atoms with Crippen LogP contribution in [0.1, 0.15) is 17.9 Å². The Kier molecular flexibility index (Phi) is 4.53. The maximum Gasteiger partial charge on any atom is 0.119 e. The van der Waals surface area contributed by atoms with Gasteiger partial charge in [-0.3, -0.25) is 4.98 Å². The van der Waals surface area contributed by atoms with Crippen LogP contribution in [-0.4, -0.2) is 18.1 Å². The summed E-state index contributed by atoms with van der Waals surface area (Å²) in [6.07, 6.45) is 2.95. The van der Waals surface area contributed by atoms with Gasteiger partial charge in [0.05, 0.1) is 17.8 Å². The Hall–Kier alpha value is -1.29. The minimum absolute atomic E-state index is 0. The first-order chi connectivity index (χ1) is 9.19. The molecule has 2 aromatic rings. The van der Waals surface area contributed by atoms with E-state index in [2.05, 4.69) is 11.1 Å². The Balaban J connectivity index is 0.00000147. The molecule has 1 heterocycles. The molecular weight excluding hydrogens is 295 g/mol. The summed E-state index contributed by atoms with van der Waals surface area (Å²) >= 11 is 6.21. The molecule has 5 heteroatoms. The number of rotatable bonds is 3. The molecule has 2 atom stereocenters. The van der Waals surface area contributed by atoms with Crippen molar-refractivity contribution < 1.29 is 4.74 Å². The Morgan fingerprint density at radius 2 is 2.05 bits per heavy atom. The molecule has 0 saturated heterocycles. The van der Waals surface area contributed by atoms with Gasteiger partial charge in [0.25, 0.3) is 0 Å². The third kappa shape index (κ3) is 2.90. The van der Waals surface area contributed by atoms with Gasteiger partial charge in [0.2, 0.25) is 0 Å². The summed E-state index contributed by atoms with van der Waals surface area (Å²) in [5.74, 6) is 1.25. The maximum atomic E-state index is 6.21. The highest BCUT2D eigenvalue weighted by Gasteiger charge is 2.34. The number of nitrogens with zero attached hydrogens (tertiary/aromatic N) is 1. The van der Waals surface area contributed by atoms with E-state index in [0.717, 1.165) is 23.4 Å². The minimum Gasteiger partial charge on any atom is -0.497 e. The summed E-state index contributed by atoms with van der Waals surface area (Å²) in [5, 5.41) is 0.671. The first-order valence-electron chi connectivity index (χ1n) is 6.24. The highest BCUT2D eigenvalue weighted by molar-refractivity contribution is 6.33. The third-order valence-electron chi connectivity index (χ3n) is 3.50. The SMILES string of the molecule is COc1ccc(Cl)c(-c2ccc(C3CC3N)cn2)c1.Cl. The second kappa shape index (κ2) is 6.00. The molecule has 20 heavy (non-hydrogen) atoms. The Labute approximate surface area is 129 Å². The molecule has 1 aromatic carbocycles. The normalized spacial score (nSPS) is 20.1. The lowest BCUT2D eigenvalue weighted by Gasteiger charge is -2.07. The van der Waals surface area contributed by atoms with Crippen LogP contribution < -0.4 is 10.5 Å². The van der Waals surface area contributed by atoms with Crippen molar-refractivity contribution in [3.05, 3.63) is 47.1 Å². The summed E-state index contributed by atoms with van der Waals surface area (Å²) in [4.78, 5) is 4.49. The number of aromatic nitrogens is 1. The highest BCUT2D eigenvalue weighted by atomic mass is 35.5. The average molecular weight is 311 g/mol. The lowest BCUT2D eigenvalue weighted by atomic mass is 10.1. The van der Waals surface area contributed by atoms with Gasteiger partial charge in [-0.1, -0.05) is 17.7 Å². The van der Waals surface area contributed by atoms with Gasteiger partial charge >= 0.3 is 0 Å². The zero-order valence-electron chi connectivity index (χ0n) is 11.0. The predicted molar refractivity (Wildman–Crippen MR) is 83.8 cm³/mol. The number of nitrogens with two attached hydrogens (primary N) is 1. The van der Waals surface area contributed by atoms with Crippen LogP contribution in [0, 0.1) is 0 Å². The standard InChI is InChI=1S/C15H15ClN2O.ClH/c1-19-10-3-4-13(16)12(6-10)15-5-2-9(8-18-15)11-7-14(11)17;/h2-6,8,11,14H,7,17H2,1H3;1H. The van der Waals surface area contributed by atoms with Crippen molar-refractivity contribution in [2.45, 2.75) is 18.4 Å². The van der Waals surface area contributed by atoms with Crippen LogP contribution in [0.4, 0.5) is 0 Å². The molecule has 3 rings (SSSR count). The molecule has 106 valence electrons. The van der Waals surface area contributed by atoms with E-state index < -0.39 is 0 Å². The number of halogens is 2. The van der Waals surface area contributed by atoms with E-state index in [-0.39, 0.29) is 12.4 Å². The van der Waals surface area contributed by atoms with Gasteiger partial charge in [-0.2, -0.15) is 0 Å². The van der Waals surface area contributed by atoms with Gasteiger partial charge in [0.15, 0.2) is 0 Å². The topological polar surface area (TPSA) is 48.1 Å². The lowest BCUT2D eigenvalue weighted by molar-refractivity contribution is 0.415. The largest absolute Gasteiger partial charge is 0.497 e. The molecule has 1 aliphatic carbocycles. The van der Waals surface area contributed by atoms with Gasteiger partial charge in [-0.05, 0) is 36.2 Å². The van der Waals surface area contributed by atoms with Crippen molar-refractivity contribution in [2.24, 2.45) is 5.73 Å². The van der Waals surface area contributed by atoms with E-state index in [0.29, 0.717) is 17.0 Å². The number of hydrogen-bond donors (Lipinski definition) is 1. The lowest BCUT2D eigenvalue weighted by Crippen LogP contribution is -2.01. The number of pyridine rings is 1. The molecule has 1 aromatic heterocycles. The fourth-order valence-electron chi connectivity index (χ4n) is 2.21. The molecule has 1 fully saturated rings. The van der Waals surface area contributed by atoms with E-state index in [4.69, 9.17) is 22.1 Å². The van der Waals surface area contributed by atoms with Gasteiger partial charge in [0.1, 0.15) is 5.75 Å². The van der Waals surface area contributed by atoms with E-state index in [1.165, 1.54) is 5.56 Å². The summed E-state index contributed by atoms with van der Waals surface area (Å²) in [6, 6.07) is 9.92. The molecule has 2 N–H and O–H groups in total. The van der Waals surface area contributed by atoms with Crippen LogP contribution in [0.5, 0.6) is 5.75 Å². The fraction of sp³-hybridized carbons (Fsp3) is 0.267. The molecule has 2 unspecified atom stereocenters. The van der Waals surface area contributed by atoms with E-state index >= 15 is 0 Å². The predicted octanol–water partition coefficient (Wildman–Crippen LogP) is 3.65. The zero-order chi connectivity index (χ0) is 13.4. The van der Waals surface area contributed by atoms with Crippen LogP contribution >= 0.6 is 24.0 Å². The molecule has 1 saturated carbocycles. The summed E-state index contributed by atoms with van der Waals surface area (Å²) in [5.41, 5.74) is 8.78. The molecule has 0 radical (unpaired) electrons. The number of hydrogen-bond acceptors (Lipinski definition) is 3. The van der Waals surface area contributed by atoms with Gasteiger partial charge in [0, 0.05) is 23.7 Å². The van der Waals surface area contributed by atoms with Crippen molar-refractivity contribution in [1.82, 2.24) is 4.98 Å². The number of methoxy groups -OCH3 is 1.